The number of rotatable bonds is 2. The first-order chi connectivity index (χ1) is 18.5. The fourth-order valence-corrected chi connectivity index (χ4v) is 4.67. The first kappa shape index (κ1) is 21.8. The summed E-state index contributed by atoms with van der Waals surface area (Å²) in [4.78, 5) is 50.9. The fourth-order valence-electron chi connectivity index (χ4n) is 4.67. The summed E-state index contributed by atoms with van der Waals surface area (Å²) in [6.45, 7) is 0. The molecule has 0 aliphatic heterocycles. The maximum absolute atomic E-state index is 12.9. The molecule has 0 amide bonds. The minimum atomic E-state index is -0.629. The van der Waals surface area contributed by atoms with Crippen LogP contribution in [0.25, 0.3) is 66.1 Å². The van der Waals surface area contributed by atoms with Crippen molar-refractivity contribution in [3.63, 3.8) is 0 Å². The predicted octanol–water partition coefficient (Wildman–Crippen LogP) is 5.45. The third-order valence-corrected chi connectivity index (χ3v) is 6.51. The van der Waals surface area contributed by atoms with Crippen molar-refractivity contribution in [1.29, 1.82) is 0 Å². The van der Waals surface area contributed by atoms with E-state index in [-0.39, 0.29) is 33.1 Å². The van der Waals surface area contributed by atoms with Crippen LogP contribution < -0.4 is 22.5 Å². The van der Waals surface area contributed by atoms with Crippen molar-refractivity contribution in [1.82, 2.24) is 0 Å². The highest BCUT2D eigenvalue weighted by molar-refractivity contribution is 6.02. The van der Waals surface area contributed by atoms with Crippen molar-refractivity contribution in [3.05, 3.63) is 127 Å². The van der Waals surface area contributed by atoms with Crippen molar-refractivity contribution >= 4 is 43.9 Å². The van der Waals surface area contributed by atoms with Crippen LogP contribution in [0.15, 0.2) is 122 Å². The van der Waals surface area contributed by atoms with Gasteiger partial charge in [0, 0.05) is 0 Å². The molecule has 4 aromatic heterocycles. The molecule has 4 heterocycles. The van der Waals surface area contributed by atoms with E-state index in [0.29, 0.717) is 33.1 Å². The zero-order chi connectivity index (χ0) is 26.0. The van der Waals surface area contributed by atoms with Gasteiger partial charge in [0.15, 0.2) is 11.2 Å². The van der Waals surface area contributed by atoms with E-state index in [1.807, 2.05) is 0 Å². The lowest BCUT2D eigenvalue weighted by Crippen LogP contribution is -2.09. The molecule has 0 saturated heterocycles. The molecular formula is C30H14O8. The fraction of sp³-hybridized carbons (Fsp3) is 0. The number of para-hydroxylation sites is 2. The lowest BCUT2D eigenvalue weighted by atomic mass is 10.0. The lowest BCUT2D eigenvalue weighted by Gasteiger charge is -2.07. The molecule has 38 heavy (non-hydrogen) atoms. The predicted molar refractivity (Wildman–Crippen MR) is 141 cm³/mol. The SMILES string of the molecule is O=c1oc2c(cc1-c1ccc(-c3cc4c(=O)oc5ccccc5c4oc3=O)cc1)c(=O)oc1ccccc12. The maximum Gasteiger partial charge on any atom is 0.347 e. The van der Waals surface area contributed by atoms with Gasteiger partial charge in [-0.05, 0) is 47.5 Å². The summed E-state index contributed by atoms with van der Waals surface area (Å²) in [7, 11) is 0. The summed E-state index contributed by atoms with van der Waals surface area (Å²) in [6.07, 6.45) is 0. The molecule has 3 aromatic carbocycles. The minimum absolute atomic E-state index is 0.136. The first-order valence-electron chi connectivity index (χ1n) is 11.6. The van der Waals surface area contributed by atoms with Crippen LogP contribution in [0.1, 0.15) is 0 Å². The Labute approximate surface area is 210 Å². The zero-order valence-electron chi connectivity index (χ0n) is 19.3. The molecule has 182 valence electrons. The molecule has 0 radical (unpaired) electrons. The van der Waals surface area contributed by atoms with E-state index < -0.39 is 22.5 Å². The quantitative estimate of drug-likeness (QED) is 0.226. The largest absolute Gasteiger partial charge is 0.422 e. The van der Waals surface area contributed by atoms with E-state index in [0.717, 1.165) is 0 Å². The zero-order valence-corrected chi connectivity index (χ0v) is 19.3. The van der Waals surface area contributed by atoms with Crippen LogP contribution in [0.5, 0.6) is 0 Å². The molecule has 7 rings (SSSR count). The van der Waals surface area contributed by atoms with Crippen LogP contribution >= 0.6 is 0 Å². The highest BCUT2D eigenvalue weighted by atomic mass is 16.4. The molecule has 7 aromatic rings. The van der Waals surface area contributed by atoms with Gasteiger partial charge < -0.3 is 17.7 Å². The standard InChI is InChI=1S/C30H14O8/c31-27-19(13-21-25(37-27)17-5-1-3-7-23(17)35-29(21)33)15-9-11-16(12-10-15)20-14-22-26(38-28(20)32)18-6-2-4-8-24(18)36-30(22)34/h1-14H. The Morgan fingerprint density at radius 1 is 0.395 bits per heavy atom. The topological polar surface area (TPSA) is 121 Å². The van der Waals surface area contributed by atoms with Crippen LogP contribution in [0.2, 0.25) is 0 Å². The summed E-state index contributed by atoms with van der Waals surface area (Å²) in [6, 6.07) is 22.9. The van der Waals surface area contributed by atoms with Crippen LogP contribution in [0.3, 0.4) is 0 Å². The van der Waals surface area contributed by atoms with Crippen molar-refractivity contribution in [2.45, 2.75) is 0 Å². The lowest BCUT2D eigenvalue weighted by molar-refractivity contribution is 0.543. The van der Waals surface area contributed by atoms with Gasteiger partial charge in [-0.1, -0.05) is 48.5 Å². The Morgan fingerprint density at radius 3 is 1.21 bits per heavy atom. The summed E-state index contributed by atoms with van der Waals surface area (Å²) >= 11 is 0. The van der Waals surface area contributed by atoms with Crippen molar-refractivity contribution in [2.75, 3.05) is 0 Å². The van der Waals surface area contributed by atoms with Gasteiger partial charge in [0.25, 0.3) is 0 Å². The molecule has 0 spiro atoms. The van der Waals surface area contributed by atoms with E-state index in [9.17, 15) is 19.2 Å². The second-order valence-electron chi connectivity index (χ2n) is 8.73. The third-order valence-electron chi connectivity index (χ3n) is 6.51. The normalized spacial score (nSPS) is 11.6. The van der Waals surface area contributed by atoms with E-state index in [1.165, 1.54) is 12.1 Å². The molecule has 0 aliphatic carbocycles. The summed E-state index contributed by atoms with van der Waals surface area (Å²) in [5.74, 6) is 0. The second-order valence-corrected chi connectivity index (χ2v) is 8.73. The molecule has 0 saturated carbocycles. The number of hydrogen-bond donors (Lipinski definition) is 0. The highest BCUT2D eigenvalue weighted by Gasteiger charge is 2.17. The van der Waals surface area contributed by atoms with Gasteiger partial charge in [-0.15, -0.1) is 0 Å². The van der Waals surface area contributed by atoms with Gasteiger partial charge in [-0.3, -0.25) is 0 Å². The van der Waals surface area contributed by atoms with Gasteiger partial charge in [-0.2, -0.15) is 0 Å². The minimum Gasteiger partial charge on any atom is -0.422 e. The molecule has 0 atom stereocenters. The van der Waals surface area contributed by atoms with Crippen molar-refractivity contribution < 1.29 is 17.7 Å². The first-order valence-corrected chi connectivity index (χ1v) is 11.6. The van der Waals surface area contributed by atoms with Crippen LogP contribution in [0.4, 0.5) is 0 Å². The van der Waals surface area contributed by atoms with Gasteiger partial charge in [0.05, 0.1) is 21.9 Å². The highest BCUT2D eigenvalue weighted by Crippen LogP contribution is 2.28. The smallest absolute Gasteiger partial charge is 0.347 e. The molecule has 0 fully saturated rings. The van der Waals surface area contributed by atoms with Gasteiger partial charge in [-0.25, -0.2) is 19.2 Å². The maximum atomic E-state index is 12.9. The second kappa shape index (κ2) is 8.01. The van der Waals surface area contributed by atoms with Crippen LogP contribution in [0, 0.1) is 0 Å². The Balaban J connectivity index is 1.36. The van der Waals surface area contributed by atoms with Crippen molar-refractivity contribution in [3.8, 4) is 22.3 Å². The van der Waals surface area contributed by atoms with Crippen LogP contribution in [-0.2, 0) is 0 Å². The van der Waals surface area contributed by atoms with E-state index in [4.69, 9.17) is 17.7 Å². The number of hydrogen-bond acceptors (Lipinski definition) is 8. The average molecular weight is 502 g/mol. The molecule has 0 bridgehead atoms. The molecular weight excluding hydrogens is 488 g/mol. The van der Waals surface area contributed by atoms with E-state index >= 15 is 0 Å². The molecule has 8 heteroatoms. The van der Waals surface area contributed by atoms with Gasteiger partial charge >= 0.3 is 22.5 Å². The summed E-state index contributed by atoms with van der Waals surface area (Å²) < 4.78 is 21.8. The monoisotopic (exact) mass is 502 g/mol. The number of fused-ring (bicyclic) bond motifs is 6. The van der Waals surface area contributed by atoms with Gasteiger partial charge in [0.2, 0.25) is 0 Å². The van der Waals surface area contributed by atoms with E-state index in [1.54, 1.807) is 72.8 Å². The average Bonchev–Trinajstić information content (AvgIpc) is 2.93. The van der Waals surface area contributed by atoms with E-state index in [2.05, 4.69) is 0 Å². The van der Waals surface area contributed by atoms with Crippen LogP contribution in [-0.4, -0.2) is 0 Å². The van der Waals surface area contributed by atoms with Crippen molar-refractivity contribution in [2.24, 2.45) is 0 Å². The molecule has 0 unspecified atom stereocenters. The molecule has 8 nitrogen and oxygen atoms in total. The Morgan fingerprint density at radius 2 is 0.789 bits per heavy atom. The summed E-state index contributed by atoms with van der Waals surface area (Å²) in [5.41, 5.74) is -0.311. The number of benzene rings is 3. The Kier molecular flexibility index (Phi) is 4.58. The molecule has 0 aliphatic rings. The Hall–Kier alpha value is -5.50. The summed E-state index contributed by atoms with van der Waals surface area (Å²) in [5, 5.41) is 1.30. The molecule has 0 N–H and O–H groups in total. The van der Waals surface area contributed by atoms with Gasteiger partial charge in [0.1, 0.15) is 21.9 Å². The Bertz CT molecular complexity index is 2150. The third kappa shape index (κ3) is 3.24.